The SMILES string of the molecule is Cc1cc2nc(CC(C)C(=O)O)cn2c(C)n1. The van der Waals surface area contributed by atoms with Gasteiger partial charge in [0.05, 0.1) is 11.6 Å². The molecule has 2 heterocycles. The number of nitrogens with zero attached hydrogens (tertiary/aromatic N) is 3. The molecule has 1 atom stereocenters. The van der Waals surface area contributed by atoms with Crippen LogP contribution in [0.5, 0.6) is 0 Å². The van der Waals surface area contributed by atoms with Gasteiger partial charge in [0.1, 0.15) is 11.5 Å². The van der Waals surface area contributed by atoms with Crippen LogP contribution in [0, 0.1) is 19.8 Å². The zero-order valence-corrected chi connectivity index (χ0v) is 10.1. The molecule has 0 aliphatic heterocycles. The molecule has 0 aliphatic rings. The van der Waals surface area contributed by atoms with Crippen LogP contribution in [0.4, 0.5) is 0 Å². The van der Waals surface area contributed by atoms with E-state index in [0.29, 0.717) is 6.42 Å². The van der Waals surface area contributed by atoms with Gasteiger partial charge in [-0.05, 0) is 13.8 Å². The van der Waals surface area contributed by atoms with Crippen molar-refractivity contribution in [3.05, 3.63) is 29.5 Å². The minimum Gasteiger partial charge on any atom is -0.481 e. The molecule has 0 saturated heterocycles. The van der Waals surface area contributed by atoms with Gasteiger partial charge in [0.15, 0.2) is 0 Å². The lowest BCUT2D eigenvalue weighted by Gasteiger charge is -2.01. The molecule has 0 radical (unpaired) electrons. The summed E-state index contributed by atoms with van der Waals surface area (Å²) in [6, 6.07) is 1.89. The maximum atomic E-state index is 10.8. The third kappa shape index (κ3) is 2.27. The second kappa shape index (κ2) is 4.16. The first-order valence-corrected chi connectivity index (χ1v) is 5.52. The van der Waals surface area contributed by atoms with Crippen LogP contribution >= 0.6 is 0 Å². The summed E-state index contributed by atoms with van der Waals surface area (Å²) in [7, 11) is 0. The van der Waals surface area contributed by atoms with Crippen LogP contribution in [0.25, 0.3) is 5.65 Å². The summed E-state index contributed by atoms with van der Waals surface area (Å²) in [5.74, 6) is -0.357. The third-order valence-corrected chi connectivity index (χ3v) is 2.74. The summed E-state index contributed by atoms with van der Waals surface area (Å²) in [6.07, 6.45) is 2.30. The zero-order chi connectivity index (χ0) is 12.6. The van der Waals surface area contributed by atoms with Gasteiger partial charge in [0, 0.05) is 24.4 Å². The Hall–Kier alpha value is -1.91. The van der Waals surface area contributed by atoms with Crippen molar-refractivity contribution in [2.75, 3.05) is 0 Å². The van der Waals surface area contributed by atoms with Gasteiger partial charge in [0.2, 0.25) is 0 Å². The normalized spacial score (nSPS) is 12.9. The van der Waals surface area contributed by atoms with E-state index in [4.69, 9.17) is 5.11 Å². The van der Waals surface area contributed by atoms with Gasteiger partial charge < -0.3 is 5.11 Å². The quantitative estimate of drug-likeness (QED) is 0.874. The molecular formula is C12H15N3O2. The van der Waals surface area contributed by atoms with Crippen molar-refractivity contribution in [2.24, 2.45) is 5.92 Å². The van der Waals surface area contributed by atoms with Gasteiger partial charge >= 0.3 is 5.97 Å². The molecule has 2 rings (SSSR count). The molecule has 0 amide bonds. The van der Waals surface area contributed by atoms with E-state index in [2.05, 4.69) is 9.97 Å². The van der Waals surface area contributed by atoms with E-state index in [0.717, 1.165) is 22.9 Å². The largest absolute Gasteiger partial charge is 0.481 e. The number of carboxylic acid groups (broad SMARTS) is 1. The van der Waals surface area contributed by atoms with Gasteiger partial charge in [-0.2, -0.15) is 0 Å². The molecule has 1 unspecified atom stereocenters. The van der Waals surface area contributed by atoms with E-state index in [9.17, 15) is 4.79 Å². The van der Waals surface area contributed by atoms with Crippen LogP contribution < -0.4 is 0 Å². The highest BCUT2D eigenvalue weighted by atomic mass is 16.4. The average molecular weight is 233 g/mol. The summed E-state index contributed by atoms with van der Waals surface area (Å²) < 4.78 is 1.89. The number of aliphatic carboxylic acids is 1. The number of imidazole rings is 1. The number of rotatable bonds is 3. The second-order valence-corrected chi connectivity index (χ2v) is 4.35. The highest BCUT2D eigenvalue weighted by Gasteiger charge is 2.14. The number of carboxylic acids is 1. The molecule has 0 bridgehead atoms. The lowest BCUT2D eigenvalue weighted by molar-refractivity contribution is -0.141. The molecule has 0 fully saturated rings. The van der Waals surface area contributed by atoms with Crippen LogP contribution in [0.15, 0.2) is 12.3 Å². The van der Waals surface area contributed by atoms with Gasteiger partial charge in [0.25, 0.3) is 0 Å². The Morgan fingerprint density at radius 3 is 2.82 bits per heavy atom. The monoisotopic (exact) mass is 233 g/mol. The van der Waals surface area contributed by atoms with Crippen molar-refractivity contribution in [1.82, 2.24) is 14.4 Å². The summed E-state index contributed by atoms with van der Waals surface area (Å²) >= 11 is 0. The van der Waals surface area contributed by atoms with Crippen molar-refractivity contribution < 1.29 is 9.90 Å². The van der Waals surface area contributed by atoms with Crippen molar-refractivity contribution in [3.8, 4) is 0 Å². The Labute approximate surface area is 99.1 Å². The minimum absolute atomic E-state index is 0.422. The molecule has 5 nitrogen and oxygen atoms in total. The van der Waals surface area contributed by atoms with E-state index >= 15 is 0 Å². The molecule has 17 heavy (non-hydrogen) atoms. The number of carbonyl (C=O) groups is 1. The van der Waals surface area contributed by atoms with E-state index in [-0.39, 0.29) is 0 Å². The molecule has 1 N–H and O–H groups in total. The van der Waals surface area contributed by atoms with E-state index < -0.39 is 11.9 Å². The van der Waals surface area contributed by atoms with Crippen LogP contribution in [0.3, 0.4) is 0 Å². The standard InChI is InChI=1S/C12H15N3O2/c1-7(12(16)17)4-10-6-15-9(3)13-8(2)5-11(15)14-10/h5-7H,4H2,1-3H3,(H,16,17). The zero-order valence-electron chi connectivity index (χ0n) is 10.1. The highest BCUT2D eigenvalue weighted by Crippen LogP contribution is 2.12. The molecule has 0 aromatic carbocycles. The fraction of sp³-hybridized carbons (Fsp3) is 0.417. The molecule has 0 aliphatic carbocycles. The summed E-state index contributed by atoms with van der Waals surface area (Å²) in [5.41, 5.74) is 2.52. The van der Waals surface area contributed by atoms with E-state index in [1.807, 2.05) is 30.5 Å². The minimum atomic E-state index is -0.798. The Morgan fingerprint density at radius 1 is 1.47 bits per heavy atom. The number of aryl methyl sites for hydroxylation is 2. The summed E-state index contributed by atoms with van der Waals surface area (Å²) in [6.45, 7) is 5.51. The lowest BCUT2D eigenvalue weighted by atomic mass is 10.1. The predicted molar refractivity (Wildman–Crippen MR) is 63.0 cm³/mol. The molecule has 2 aromatic rings. The topological polar surface area (TPSA) is 67.5 Å². The second-order valence-electron chi connectivity index (χ2n) is 4.35. The first kappa shape index (κ1) is 11.6. The first-order valence-electron chi connectivity index (χ1n) is 5.52. The molecule has 2 aromatic heterocycles. The average Bonchev–Trinajstić information content (AvgIpc) is 2.60. The third-order valence-electron chi connectivity index (χ3n) is 2.74. The van der Waals surface area contributed by atoms with Crippen LogP contribution in [0.1, 0.15) is 24.1 Å². The number of aromatic nitrogens is 3. The molecule has 5 heteroatoms. The smallest absolute Gasteiger partial charge is 0.306 e. The summed E-state index contributed by atoms with van der Waals surface area (Å²) in [4.78, 5) is 19.5. The molecule has 90 valence electrons. The fourth-order valence-electron chi connectivity index (χ4n) is 1.83. The van der Waals surface area contributed by atoms with Crippen molar-refractivity contribution in [2.45, 2.75) is 27.2 Å². The first-order chi connectivity index (χ1) is 7.97. The van der Waals surface area contributed by atoms with Gasteiger partial charge in [-0.25, -0.2) is 9.97 Å². The lowest BCUT2D eigenvalue weighted by Crippen LogP contribution is -2.12. The Kier molecular flexibility index (Phi) is 2.83. The maximum Gasteiger partial charge on any atom is 0.306 e. The summed E-state index contributed by atoms with van der Waals surface area (Å²) in [5, 5.41) is 8.87. The van der Waals surface area contributed by atoms with E-state index in [1.54, 1.807) is 6.92 Å². The molecular weight excluding hydrogens is 218 g/mol. The van der Waals surface area contributed by atoms with Crippen LogP contribution in [0.2, 0.25) is 0 Å². The van der Waals surface area contributed by atoms with E-state index in [1.165, 1.54) is 0 Å². The Bertz CT molecular complexity index is 574. The number of fused-ring (bicyclic) bond motifs is 1. The van der Waals surface area contributed by atoms with Crippen molar-refractivity contribution in [3.63, 3.8) is 0 Å². The van der Waals surface area contributed by atoms with Gasteiger partial charge in [-0.15, -0.1) is 0 Å². The van der Waals surface area contributed by atoms with Crippen LogP contribution in [-0.4, -0.2) is 25.4 Å². The Balaban J connectivity index is 2.38. The maximum absolute atomic E-state index is 10.8. The molecule has 0 spiro atoms. The number of hydrogen-bond acceptors (Lipinski definition) is 3. The van der Waals surface area contributed by atoms with Crippen LogP contribution in [-0.2, 0) is 11.2 Å². The fourth-order valence-corrected chi connectivity index (χ4v) is 1.83. The Morgan fingerprint density at radius 2 is 2.18 bits per heavy atom. The highest BCUT2D eigenvalue weighted by molar-refractivity contribution is 5.69. The van der Waals surface area contributed by atoms with Gasteiger partial charge in [-0.1, -0.05) is 6.92 Å². The molecule has 0 saturated carbocycles. The number of hydrogen-bond donors (Lipinski definition) is 1. The predicted octanol–water partition coefficient (Wildman–Crippen LogP) is 1.61. The van der Waals surface area contributed by atoms with Gasteiger partial charge in [-0.3, -0.25) is 9.20 Å². The van der Waals surface area contributed by atoms with Crippen molar-refractivity contribution in [1.29, 1.82) is 0 Å². The van der Waals surface area contributed by atoms with Crippen molar-refractivity contribution >= 4 is 11.6 Å².